The van der Waals surface area contributed by atoms with Gasteiger partial charge in [-0.15, -0.1) is 0 Å². The van der Waals surface area contributed by atoms with Crippen LogP contribution in [0.1, 0.15) is 72.8 Å². The van der Waals surface area contributed by atoms with Crippen molar-refractivity contribution in [1.82, 2.24) is 25.6 Å². The van der Waals surface area contributed by atoms with Crippen molar-refractivity contribution in [3.05, 3.63) is 59.4 Å². The molecule has 8 nitrogen and oxygen atoms in total. The maximum atomic E-state index is 13.3. The molecule has 2 heterocycles. The number of nitrogens with zero attached hydrogens (tertiary/aromatic N) is 3. The van der Waals surface area contributed by atoms with Crippen LogP contribution in [-0.2, 0) is 20.9 Å². The van der Waals surface area contributed by atoms with Gasteiger partial charge in [0.2, 0.25) is 18.2 Å². The first-order chi connectivity index (χ1) is 19.3. The van der Waals surface area contributed by atoms with Gasteiger partial charge in [-0.3, -0.25) is 19.4 Å². The van der Waals surface area contributed by atoms with Crippen LogP contribution >= 0.6 is 0 Å². The molecule has 3 rings (SSSR count). The largest absolute Gasteiger partial charge is 0.341 e. The smallest absolute Gasteiger partial charge is 0.247 e. The Morgan fingerprint density at radius 1 is 1.07 bits per heavy atom. The van der Waals surface area contributed by atoms with Gasteiger partial charge in [-0.25, -0.2) is 9.40 Å². The summed E-state index contributed by atoms with van der Waals surface area (Å²) in [5, 5.41) is 8.74. The van der Waals surface area contributed by atoms with Crippen molar-refractivity contribution in [2.75, 3.05) is 33.7 Å². The second kappa shape index (κ2) is 21.7. The van der Waals surface area contributed by atoms with Crippen LogP contribution in [0.4, 0.5) is 4.39 Å². The molecule has 1 aromatic carbocycles. The molecule has 0 aromatic heterocycles. The molecule has 0 saturated carbocycles. The van der Waals surface area contributed by atoms with Crippen LogP contribution in [0.25, 0.3) is 0 Å². The molecule has 0 bridgehead atoms. The van der Waals surface area contributed by atoms with Crippen LogP contribution in [0.2, 0.25) is 0 Å². The van der Waals surface area contributed by atoms with Crippen molar-refractivity contribution in [2.24, 2.45) is 0 Å². The molecule has 1 aromatic rings. The monoisotopic (exact) mass is 561 g/mol. The fraction of sp³-hybridized carbons (Fsp3) is 0.581. The standard InChI is InChI=1S/C18H27FN4O3.C8H11N.C3H8.C2H6/c1-4-13(6-7-14(19)5-2)8-9-22-10-15-17(18(22)26)20-16(25)11-21(3)23(15)12-24;1-9-7-8-5-3-2-4-6-8;1-3-2;1-2/h6-7,12,15,17H,4-5,8-11H2,1-3H3,(H,20,25);2-6,9H,7H2,1H3;3H2,1-2H3;1-2H3/b13-6+,14-7+;;;. The van der Waals surface area contributed by atoms with Gasteiger partial charge >= 0.3 is 0 Å². The van der Waals surface area contributed by atoms with Crippen molar-refractivity contribution >= 4 is 18.2 Å². The highest BCUT2D eigenvalue weighted by Crippen LogP contribution is 2.22. The third kappa shape index (κ3) is 12.9. The summed E-state index contributed by atoms with van der Waals surface area (Å²) in [4.78, 5) is 37.7. The van der Waals surface area contributed by atoms with Crippen LogP contribution in [0.5, 0.6) is 0 Å². The molecule has 0 radical (unpaired) electrons. The first-order valence-corrected chi connectivity index (χ1v) is 14.5. The highest BCUT2D eigenvalue weighted by atomic mass is 19.1. The maximum Gasteiger partial charge on any atom is 0.247 e. The Balaban J connectivity index is 0.000000897. The molecule has 0 aliphatic carbocycles. The van der Waals surface area contributed by atoms with E-state index in [1.54, 1.807) is 24.9 Å². The van der Waals surface area contributed by atoms with Gasteiger partial charge in [0.05, 0.1) is 18.4 Å². The fourth-order valence-corrected chi connectivity index (χ4v) is 4.08. The van der Waals surface area contributed by atoms with E-state index in [4.69, 9.17) is 0 Å². The number of fused-ring (bicyclic) bond motifs is 1. The molecule has 0 spiro atoms. The number of nitrogens with one attached hydrogen (secondary N) is 2. The van der Waals surface area contributed by atoms with E-state index in [-0.39, 0.29) is 24.2 Å². The van der Waals surface area contributed by atoms with Crippen molar-refractivity contribution in [2.45, 2.75) is 85.9 Å². The molecule has 2 atom stereocenters. The number of benzene rings is 1. The number of rotatable bonds is 9. The van der Waals surface area contributed by atoms with E-state index >= 15 is 0 Å². The summed E-state index contributed by atoms with van der Waals surface area (Å²) in [5.74, 6) is -0.643. The number of likely N-dealkylation sites (N-methyl/N-ethyl adjacent to an activating group) is 1. The van der Waals surface area contributed by atoms with Crippen LogP contribution in [0, 0.1) is 0 Å². The summed E-state index contributed by atoms with van der Waals surface area (Å²) >= 11 is 0. The van der Waals surface area contributed by atoms with E-state index in [9.17, 15) is 18.8 Å². The Morgan fingerprint density at radius 3 is 2.23 bits per heavy atom. The predicted octanol–water partition coefficient (Wildman–Crippen LogP) is 4.84. The van der Waals surface area contributed by atoms with Gasteiger partial charge in [0.15, 0.2) is 0 Å². The van der Waals surface area contributed by atoms with E-state index in [0.29, 0.717) is 32.3 Å². The second-order valence-electron chi connectivity index (χ2n) is 9.32. The molecule has 2 N–H and O–H groups in total. The van der Waals surface area contributed by atoms with Gasteiger partial charge in [0.25, 0.3) is 0 Å². The SMILES string of the molecule is CC.CC/C(F)=C\C=C(/CC)CCN1CC2C(NC(=O)CN(C)N2C=O)C1=O.CCC.CNCc1ccccc1. The van der Waals surface area contributed by atoms with Gasteiger partial charge < -0.3 is 15.5 Å². The number of carbonyl (C=O) groups excluding carboxylic acids is 3. The summed E-state index contributed by atoms with van der Waals surface area (Å²) in [6, 6.07) is 9.21. The van der Waals surface area contributed by atoms with Crippen molar-refractivity contribution in [3.8, 4) is 0 Å². The van der Waals surface area contributed by atoms with E-state index in [0.717, 1.165) is 18.5 Å². The first-order valence-electron chi connectivity index (χ1n) is 14.5. The second-order valence-corrected chi connectivity index (χ2v) is 9.32. The fourth-order valence-electron chi connectivity index (χ4n) is 4.08. The molecule has 40 heavy (non-hydrogen) atoms. The molecule has 2 aliphatic heterocycles. The van der Waals surface area contributed by atoms with Gasteiger partial charge in [-0.2, -0.15) is 0 Å². The van der Waals surface area contributed by atoms with Crippen LogP contribution in [-0.4, -0.2) is 79.0 Å². The molecule has 3 amide bonds. The van der Waals surface area contributed by atoms with Gasteiger partial charge in [-0.1, -0.05) is 89.9 Å². The maximum absolute atomic E-state index is 13.3. The number of carbonyl (C=O) groups is 3. The Morgan fingerprint density at radius 2 is 1.70 bits per heavy atom. The third-order valence-electron chi connectivity index (χ3n) is 6.12. The zero-order valence-corrected chi connectivity index (χ0v) is 25.9. The lowest BCUT2D eigenvalue weighted by molar-refractivity contribution is -0.138. The Kier molecular flexibility index (Phi) is 20.1. The number of hydrogen-bond donors (Lipinski definition) is 2. The van der Waals surface area contributed by atoms with Crippen LogP contribution < -0.4 is 10.6 Å². The summed E-state index contributed by atoms with van der Waals surface area (Å²) in [6.07, 6.45) is 6.89. The Bertz CT molecular complexity index is 923. The normalized spacial score (nSPS) is 19.1. The molecule has 2 fully saturated rings. The lowest BCUT2D eigenvalue weighted by Crippen LogP contribution is -2.51. The minimum atomic E-state index is -0.718. The first kappa shape index (κ1) is 37.0. The summed E-state index contributed by atoms with van der Waals surface area (Å²) in [6.45, 7) is 13.8. The van der Waals surface area contributed by atoms with Gasteiger partial charge in [0.1, 0.15) is 6.04 Å². The molecular weight excluding hydrogens is 509 g/mol. The van der Waals surface area contributed by atoms with Crippen molar-refractivity contribution < 1.29 is 18.8 Å². The quantitative estimate of drug-likeness (QED) is 0.333. The molecule has 2 unspecified atom stereocenters. The topological polar surface area (TPSA) is 85.0 Å². The van der Waals surface area contributed by atoms with Gasteiger partial charge in [0, 0.05) is 26.7 Å². The highest BCUT2D eigenvalue weighted by Gasteiger charge is 2.47. The van der Waals surface area contributed by atoms with E-state index in [1.807, 2.05) is 46.0 Å². The van der Waals surface area contributed by atoms with Crippen LogP contribution in [0.3, 0.4) is 0 Å². The lowest BCUT2D eigenvalue weighted by atomic mass is 10.1. The zero-order chi connectivity index (χ0) is 30.5. The van der Waals surface area contributed by atoms with Crippen LogP contribution in [0.15, 0.2) is 53.9 Å². The summed E-state index contributed by atoms with van der Waals surface area (Å²) in [7, 11) is 3.60. The predicted molar refractivity (Wildman–Crippen MR) is 162 cm³/mol. The third-order valence-corrected chi connectivity index (χ3v) is 6.12. The number of hydrogen-bond acceptors (Lipinski definition) is 5. The number of likely N-dealkylation sites (tertiary alicyclic amines) is 1. The van der Waals surface area contributed by atoms with E-state index in [2.05, 4.69) is 36.6 Å². The average Bonchev–Trinajstić information content (AvgIpc) is 3.18. The lowest BCUT2D eigenvalue weighted by Gasteiger charge is -2.31. The van der Waals surface area contributed by atoms with E-state index in [1.165, 1.54) is 28.1 Å². The number of hydrazine groups is 1. The molecule has 9 heteroatoms. The average molecular weight is 562 g/mol. The zero-order valence-electron chi connectivity index (χ0n) is 25.9. The highest BCUT2D eigenvalue weighted by molar-refractivity contribution is 5.91. The summed E-state index contributed by atoms with van der Waals surface area (Å²) < 4.78 is 13.3. The molecule has 226 valence electrons. The number of allylic oxidation sites excluding steroid dienone is 3. The molecular formula is C31H52FN5O3. The van der Waals surface area contributed by atoms with E-state index < -0.39 is 12.1 Å². The number of amides is 3. The Hall–Kier alpha value is -3.04. The molecule has 2 saturated heterocycles. The minimum Gasteiger partial charge on any atom is -0.341 e. The summed E-state index contributed by atoms with van der Waals surface area (Å²) in [5.41, 5.74) is 2.38. The van der Waals surface area contributed by atoms with Gasteiger partial charge in [-0.05, 0) is 37.9 Å². The molecule has 2 aliphatic rings. The number of halogens is 1. The van der Waals surface area contributed by atoms with Crippen molar-refractivity contribution in [3.63, 3.8) is 0 Å². The minimum absolute atomic E-state index is 0.0388. The Labute approximate surface area is 241 Å². The van der Waals surface area contributed by atoms with Crippen molar-refractivity contribution in [1.29, 1.82) is 0 Å².